The van der Waals surface area contributed by atoms with Crippen LogP contribution in [0.4, 0.5) is 0 Å². The molecule has 0 unspecified atom stereocenters. The summed E-state index contributed by atoms with van der Waals surface area (Å²) in [6, 6.07) is 5.61. The van der Waals surface area contributed by atoms with E-state index >= 15 is 0 Å². The number of hydrogen-bond donors (Lipinski definition) is 0. The van der Waals surface area contributed by atoms with Crippen molar-refractivity contribution in [3.8, 4) is 5.75 Å². The van der Waals surface area contributed by atoms with Crippen LogP contribution in [0.15, 0.2) is 23.1 Å². The quantitative estimate of drug-likeness (QED) is 0.113. The number of hydrogen-bond acceptors (Lipinski definition) is 4. The van der Waals surface area contributed by atoms with Crippen molar-refractivity contribution in [3.63, 3.8) is 0 Å². The molecule has 1 rings (SSSR count). The van der Waals surface area contributed by atoms with Crippen LogP contribution in [-0.4, -0.2) is 25.9 Å². The lowest BCUT2D eigenvalue weighted by molar-refractivity contribution is 0.0600. The fraction of sp³-hybridized carbons (Fsp3) is 0.741. The van der Waals surface area contributed by atoms with Gasteiger partial charge in [-0.3, -0.25) is 0 Å². The number of carbonyl (C=O) groups excluding carboxylic acids is 1. The molecule has 0 aromatic heterocycles. The fourth-order valence-corrected chi connectivity index (χ4v) is 4.33. The first-order valence-corrected chi connectivity index (χ1v) is 13.8. The van der Waals surface area contributed by atoms with Gasteiger partial charge in [-0.05, 0) is 30.9 Å². The van der Waals surface area contributed by atoms with Crippen LogP contribution < -0.4 is 4.74 Å². The Balaban J connectivity index is 1.95. The zero-order valence-electron chi connectivity index (χ0n) is 20.4. The smallest absolute Gasteiger partial charge is 0.338 e. The van der Waals surface area contributed by atoms with Gasteiger partial charge in [0.15, 0.2) is 0 Å². The maximum Gasteiger partial charge on any atom is 0.338 e. The highest BCUT2D eigenvalue weighted by Crippen LogP contribution is 2.24. The number of ether oxygens (including phenoxy) is 2. The molecule has 31 heavy (non-hydrogen) atoms. The molecule has 0 N–H and O–H groups in total. The predicted molar refractivity (Wildman–Crippen MR) is 135 cm³/mol. The minimum Gasteiger partial charge on any atom is -0.494 e. The minimum absolute atomic E-state index is 0.317. The number of esters is 1. The summed E-state index contributed by atoms with van der Waals surface area (Å²) >= 11 is 1.60. The molecule has 0 bridgehead atoms. The summed E-state index contributed by atoms with van der Waals surface area (Å²) in [4.78, 5) is 12.8. The highest BCUT2D eigenvalue weighted by atomic mass is 32.2. The Bertz CT molecular complexity index is 574. The van der Waals surface area contributed by atoms with Crippen LogP contribution in [0, 0.1) is 0 Å². The summed E-state index contributed by atoms with van der Waals surface area (Å²) in [7, 11) is 1.41. The Morgan fingerprint density at radius 3 is 1.68 bits per heavy atom. The molecular weight excluding hydrogens is 404 g/mol. The third-order valence-corrected chi connectivity index (χ3v) is 6.51. The average Bonchev–Trinajstić information content (AvgIpc) is 2.80. The zero-order chi connectivity index (χ0) is 22.6. The normalized spacial score (nSPS) is 10.9. The van der Waals surface area contributed by atoms with Crippen molar-refractivity contribution in [2.45, 2.75) is 115 Å². The summed E-state index contributed by atoms with van der Waals surface area (Å²) < 4.78 is 10.7. The van der Waals surface area contributed by atoms with Gasteiger partial charge in [-0.2, -0.15) is 0 Å². The molecule has 0 spiro atoms. The average molecular weight is 451 g/mol. The van der Waals surface area contributed by atoms with Crippen LogP contribution in [0.5, 0.6) is 5.75 Å². The molecule has 1 aromatic rings. The van der Waals surface area contributed by atoms with E-state index in [1.54, 1.807) is 17.8 Å². The van der Waals surface area contributed by atoms with Gasteiger partial charge in [0.1, 0.15) is 5.75 Å². The van der Waals surface area contributed by atoms with E-state index in [0.717, 1.165) is 17.1 Å². The summed E-state index contributed by atoms with van der Waals surface area (Å²) in [6.45, 7) is 2.99. The van der Waals surface area contributed by atoms with Gasteiger partial charge < -0.3 is 9.47 Å². The Morgan fingerprint density at radius 1 is 0.742 bits per heavy atom. The van der Waals surface area contributed by atoms with Gasteiger partial charge in [0.05, 0.1) is 19.3 Å². The first kappa shape index (κ1) is 27.9. The molecule has 0 heterocycles. The van der Waals surface area contributed by atoms with Crippen molar-refractivity contribution >= 4 is 17.7 Å². The molecule has 0 radical (unpaired) electrons. The molecule has 3 nitrogen and oxygen atoms in total. The summed E-state index contributed by atoms with van der Waals surface area (Å²) in [5, 5.41) is 0. The Kier molecular flexibility index (Phi) is 17.6. The molecule has 0 saturated heterocycles. The molecular formula is C27H46O3S. The summed E-state index contributed by atoms with van der Waals surface area (Å²) in [5.41, 5.74) is 0.552. The van der Waals surface area contributed by atoms with E-state index in [1.807, 2.05) is 18.4 Å². The van der Waals surface area contributed by atoms with Crippen LogP contribution >= 0.6 is 11.8 Å². The monoisotopic (exact) mass is 450 g/mol. The van der Waals surface area contributed by atoms with Gasteiger partial charge in [-0.15, -0.1) is 11.8 Å². The Morgan fingerprint density at radius 2 is 1.23 bits per heavy atom. The van der Waals surface area contributed by atoms with E-state index < -0.39 is 0 Å². The molecule has 0 saturated carbocycles. The predicted octanol–water partition coefficient (Wildman–Crippen LogP) is 8.84. The van der Waals surface area contributed by atoms with E-state index in [9.17, 15) is 4.79 Å². The van der Waals surface area contributed by atoms with Crippen molar-refractivity contribution in [2.75, 3.05) is 20.0 Å². The number of methoxy groups -OCH3 is 1. The zero-order valence-corrected chi connectivity index (χ0v) is 21.2. The molecule has 0 aliphatic rings. The van der Waals surface area contributed by atoms with Gasteiger partial charge in [-0.25, -0.2) is 4.79 Å². The first-order chi connectivity index (χ1) is 15.2. The lowest BCUT2D eigenvalue weighted by Gasteiger charge is -2.10. The van der Waals surface area contributed by atoms with E-state index in [0.29, 0.717) is 12.2 Å². The minimum atomic E-state index is -0.317. The lowest BCUT2D eigenvalue weighted by Crippen LogP contribution is -2.03. The Labute approximate surface area is 196 Å². The van der Waals surface area contributed by atoms with Crippen molar-refractivity contribution in [3.05, 3.63) is 23.8 Å². The van der Waals surface area contributed by atoms with E-state index in [4.69, 9.17) is 9.47 Å². The molecule has 0 atom stereocenters. The largest absolute Gasteiger partial charge is 0.494 e. The molecule has 178 valence electrons. The lowest BCUT2D eigenvalue weighted by atomic mass is 10.0. The molecule has 0 aliphatic heterocycles. The van der Waals surface area contributed by atoms with Crippen molar-refractivity contribution in [1.29, 1.82) is 0 Å². The maximum absolute atomic E-state index is 11.8. The second-order valence-electron chi connectivity index (χ2n) is 8.54. The van der Waals surface area contributed by atoms with Crippen LogP contribution in [0.1, 0.15) is 120 Å². The van der Waals surface area contributed by atoms with Crippen LogP contribution in [0.2, 0.25) is 0 Å². The van der Waals surface area contributed by atoms with E-state index in [1.165, 1.54) is 103 Å². The van der Waals surface area contributed by atoms with Crippen molar-refractivity contribution < 1.29 is 14.3 Å². The second-order valence-corrected chi connectivity index (χ2v) is 9.42. The number of unbranched alkanes of at least 4 members (excludes halogenated alkanes) is 15. The molecule has 0 amide bonds. The molecule has 0 aliphatic carbocycles. The SMILES string of the molecule is CCCCCCCCCCCCCCCCCCOc1cc(SC)cc(C(=O)OC)c1. The van der Waals surface area contributed by atoms with Crippen LogP contribution in [0.3, 0.4) is 0 Å². The molecule has 1 aromatic carbocycles. The topological polar surface area (TPSA) is 35.5 Å². The summed E-state index contributed by atoms with van der Waals surface area (Å²) in [6.07, 6.45) is 23.9. The van der Waals surface area contributed by atoms with E-state index in [-0.39, 0.29) is 5.97 Å². The van der Waals surface area contributed by atoms with Gasteiger partial charge >= 0.3 is 5.97 Å². The van der Waals surface area contributed by atoms with Crippen molar-refractivity contribution in [1.82, 2.24) is 0 Å². The van der Waals surface area contributed by atoms with Gasteiger partial charge in [-0.1, -0.05) is 103 Å². The Hall–Kier alpha value is -1.16. The second kappa shape index (κ2) is 19.5. The third-order valence-electron chi connectivity index (χ3n) is 5.80. The number of rotatable bonds is 20. The third kappa shape index (κ3) is 14.5. The highest BCUT2D eigenvalue weighted by molar-refractivity contribution is 7.98. The standard InChI is InChI=1S/C27H46O3S/c1-4-5-6-7-8-9-10-11-12-13-14-15-16-17-18-19-20-30-25-21-24(27(28)29-2)22-26(23-25)31-3/h21-23H,4-20H2,1-3H3. The van der Waals surface area contributed by atoms with Crippen LogP contribution in [0.25, 0.3) is 0 Å². The van der Waals surface area contributed by atoms with Gasteiger partial charge in [0.25, 0.3) is 0 Å². The van der Waals surface area contributed by atoms with Crippen LogP contribution in [-0.2, 0) is 4.74 Å². The maximum atomic E-state index is 11.8. The molecule has 4 heteroatoms. The van der Waals surface area contributed by atoms with Gasteiger partial charge in [0, 0.05) is 4.90 Å². The summed E-state index contributed by atoms with van der Waals surface area (Å²) in [5.74, 6) is 0.441. The number of thioether (sulfide) groups is 1. The first-order valence-electron chi connectivity index (χ1n) is 12.6. The van der Waals surface area contributed by atoms with E-state index in [2.05, 4.69) is 6.92 Å². The number of benzene rings is 1. The molecule has 0 fully saturated rings. The fourth-order valence-electron chi connectivity index (χ4n) is 3.85. The van der Waals surface area contributed by atoms with Crippen molar-refractivity contribution in [2.24, 2.45) is 0 Å². The number of carbonyl (C=O) groups is 1. The van der Waals surface area contributed by atoms with Gasteiger partial charge in [0.2, 0.25) is 0 Å². The highest BCUT2D eigenvalue weighted by Gasteiger charge is 2.09.